The molecule has 1 aliphatic heterocycles. The Morgan fingerprint density at radius 3 is 2.27 bits per heavy atom. The third-order valence-electron chi connectivity index (χ3n) is 3.35. The number of aryl methyl sites for hydroxylation is 1. The molecule has 0 radical (unpaired) electrons. The molecule has 3 amide bonds. The van der Waals surface area contributed by atoms with Crippen molar-refractivity contribution in [3.8, 4) is 0 Å². The van der Waals surface area contributed by atoms with E-state index in [1.165, 1.54) is 18.3 Å². The van der Waals surface area contributed by atoms with Crippen molar-refractivity contribution < 1.29 is 14.4 Å². The number of carbonyl (C=O) groups excluding carboxylic acids is 3. The molecule has 22 heavy (non-hydrogen) atoms. The number of rotatable bonds is 3. The van der Waals surface area contributed by atoms with Crippen LogP contribution in [0.15, 0.2) is 24.3 Å². The minimum absolute atomic E-state index is 0.318. The highest BCUT2D eigenvalue weighted by Crippen LogP contribution is 2.25. The monoisotopic (exact) mass is 316 g/mol. The summed E-state index contributed by atoms with van der Waals surface area (Å²) in [4.78, 5) is 37.8. The van der Waals surface area contributed by atoms with Gasteiger partial charge < -0.3 is 0 Å². The first-order chi connectivity index (χ1) is 10.5. The number of hydrogen-bond acceptors (Lipinski definition) is 6. The summed E-state index contributed by atoms with van der Waals surface area (Å²) in [6.07, 6.45) is 0. The van der Waals surface area contributed by atoms with Crippen LogP contribution in [0.3, 0.4) is 0 Å². The number of amides is 3. The van der Waals surface area contributed by atoms with E-state index < -0.39 is 23.8 Å². The minimum atomic E-state index is -0.934. The Hall–Kier alpha value is -2.61. The highest BCUT2D eigenvalue weighted by atomic mass is 32.1. The molecule has 2 aromatic rings. The minimum Gasteiger partial charge on any atom is -0.299 e. The number of imide groups is 1. The molecule has 1 atom stereocenters. The molecule has 2 heterocycles. The molecule has 0 fully saturated rings. The molecule has 1 N–H and O–H groups in total. The van der Waals surface area contributed by atoms with Crippen molar-refractivity contribution in [1.29, 1.82) is 0 Å². The SMILES string of the molecule is Cc1nnc(NC(=O)[C@@H](C)N2C(=O)c3ccccc3C2=O)s1. The van der Waals surface area contributed by atoms with E-state index in [4.69, 9.17) is 0 Å². The normalized spacial score (nSPS) is 14.9. The molecule has 7 nitrogen and oxygen atoms in total. The number of carbonyl (C=O) groups is 3. The molecule has 0 saturated carbocycles. The Balaban J connectivity index is 1.81. The zero-order valence-electron chi connectivity index (χ0n) is 11.9. The molecule has 0 unspecified atom stereocenters. The molecule has 1 aromatic carbocycles. The third kappa shape index (κ3) is 2.27. The maximum absolute atomic E-state index is 12.3. The summed E-state index contributed by atoms with van der Waals surface area (Å²) in [5.41, 5.74) is 0.637. The second-order valence-electron chi connectivity index (χ2n) is 4.82. The van der Waals surface area contributed by atoms with Crippen LogP contribution in [0.2, 0.25) is 0 Å². The van der Waals surface area contributed by atoms with E-state index in [-0.39, 0.29) is 0 Å². The molecule has 112 valence electrons. The lowest BCUT2D eigenvalue weighted by molar-refractivity contribution is -0.119. The van der Waals surface area contributed by atoms with Gasteiger partial charge in [-0.05, 0) is 26.0 Å². The Bertz CT molecular complexity index is 751. The van der Waals surface area contributed by atoms with Gasteiger partial charge in [0.25, 0.3) is 11.8 Å². The molecule has 1 aromatic heterocycles. The van der Waals surface area contributed by atoms with Gasteiger partial charge in [-0.1, -0.05) is 23.5 Å². The molecule has 0 spiro atoms. The van der Waals surface area contributed by atoms with E-state index >= 15 is 0 Å². The van der Waals surface area contributed by atoms with Gasteiger partial charge in [-0.3, -0.25) is 24.6 Å². The lowest BCUT2D eigenvalue weighted by atomic mass is 10.1. The Labute approximate surface area is 130 Å². The van der Waals surface area contributed by atoms with Crippen molar-refractivity contribution in [1.82, 2.24) is 15.1 Å². The Morgan fingerprint density at radius 1 is 1.18 bits per heavy atom. The van der Waals surface area contributed by atoms with Gasteiger partial charge in [0, 0.05) is 0 Å². The van der Waals surface area contributed by atoms with Crippen molar-refractivity contribution in [2.75, 3.05) is 5.32 Å². The maximum atomic E-state index is 12.3. The predicted molar refractivity (Wildman–Crippen MR) is 79.7 cm³/mol. The maximum Gasteiger partial charge on any atom is 0.262 e. The standard InChI is InChI=1S/C14H12N4O3S/c1-7(11(19)15-14-17-16-8(2)22-14)18-12(20)9-5-3-4-6-10(9)13(18)21/h3-7H,1-2H3,(H,15,17,19)/t7-/m1/s1. The van der Waals surface area contributed by atoms with Crippen molar-refractivity contribution in [3.63, 3.8) is 0 Å². The molecule has 0 aliphatic carbocycles. The van der Waals surface area contributed by atoms with Crippen LogP contribution in [0.25, 0.3) is 0 Å². The Morgan fingerprint density at radius 2 is 1.77 bits per heavy atom. The number of nitrogens with one attached hydrogen (secondary N) is 1. The summed E-state index contributed by atoms with van der Waals surface area (Å²) in [5.74, 6) is -1.40. The summed E-state index contributed by atoms with van der Waals surface area (Å²) >= 11 is 1.22. The first-order valence-corrected chi connectivity index (χ1v) is 7.38. The van der Waals surface area contributed by atoms with Gasteiger partial charge in [0.1, 0.15) is 11.0 Å². The van der Waals surface area contributed by atoms with Crippen molar-refractivity contribution in [3.05, 3.63) is 40.4 Å². The van der Waals surface area contributed by atoms with E-state index in [0.717, 1.165) is 4.90 Å². The molecular formula is C14H12N4O3S. The predicted octanol–water partition coefficient (Wildman–Crippen LogP) is 1.47. The first kappa shape index (κ1) is 14.3. The number of fused-ring (bicyclic) bond motifs is 1. The number of hydrogen-bond donors (Lipinski definition) is 1. The number of benzene rings is 1. The summed E-state index contributed by atoms with van der Waals surface area (Å²) < 4.78 is 0. The van der Waals surface area contributed by atoms with Gasteiger partial charge >= 0.3 is 0 Å². The lowest BCUT2D eigenvalue weighted by Gasteiger charge is -2.20. The molecule has 3 rings (SSSR count). The van der Waals surface area contributed by atoms with Crippen molar-refractivity contribution in [2.45, 2.75) is 19.9 Å². The zero-order valence-corrected chi connectivity index (χ0v) is 12.7. The lowest BCUT2D eigenvalue weighted by Crippen LogP contribution is -2.45. The van der Waals surface area contributed by atoms with Gasteiger partial charge in [0.05, 0.1) is 11.1 Å². The van der Waals surface area contributed by atoms with Crippen LogP contribution in [0.5, 0.6) is 0 Å². The molecule has 8 heteroatoms. The molecule has 0 saturated heterocycles. The quantitative estimate of drug-likeness (QED) is 0.866. The van der Waals surface area contributed by atoms with Crippen LogP contribution >= 0.6 is 11.3 Å². The van der Waals surface area contributed by atoms with Gasteiger partial charge in [-0.25, -0.2) is 0 Å². The fourth-order valence-corrected chi connectivity index (χ4v) is 2.83. The van der Waals surface area contributed by atoms with Gasteiger partial charge in [-0.15, -0.1) is 10.2 Å². The molecule has 0 bridgehead atoms. The second-order valence-corrected chi connectivity index (χ2v) is 6.00. The smallest absolute Gasteiger partial charge is 0.262 e. The highest BCUT2D eigenvalue weighted by Gasteiger charge is 2.40. The molecular weight excluding hydrogens is 304 g/mol. The number of anilines is 1. The van der Waals surface area contributed by atoms with E-state index in [1.54, 1.807) is 31.2 Å². The van der Waals surface area contributed by atoms with Crippen molar-refractivity contribution in [2.24, 2.45) is 0 Å². The zero-order chi connectivity index (χ0) is 15.9. The van der Waals surface area contributed by atoms with E-state index in [1.807, 2.05) is 0 Å². The summed E-state index contributed by atoms with van der Waals surface area (Å²) in [5, 5.41) is 11.2. The third-order valence-corrected chi connectivity index (χ3v) is 4.10. The van der Waals surface area contributed by atoms with Crippen LogP contribution in [0, 0.1) is 6.92 Å². The Kier molecular flexibility index (Phi) is 3.45. The number of aromatic nitrogens is 2. The van der Waals surface area contributed by atoms with Crippen LogP contribution in [0.1, 0.15) is 32.6 Å². The van der Waals surface area contributed by atoms with E-state index in [9.17, 15) is 14.4 Å². The summed E-state index contributed by atoms with van der Waals surface area (Å²) in [6, 6.07) is 5.59. The summed E-state index contributed by atoms with van der Waals surface area (Å²) in [7, 11) is 0. The number of nitrogens with zero attached hydrogens (tertiary/aromatic N) is 3. The van der Waals surface area contributed by atoms with E-state index in [0.29, 0.717) is 21.3 Å². The van der Waals surface area contributed by atoms with Crippen molar-refractivity contribution >= 4 is 34.2 Å². The second kappa shape index (κ2) is 5.30. The first-order valence-electron chi connectivity index (χ1n) is 6.57. The fourth-order valence-electron chi connectivity index (χ4n) is 2.23. The molecule has 1 aliphatic rings. The fraction of sp³-hybridized carbons (Fsp3) is 0.214. The van der Waals surface area contributed by atoms with Crippen LogP contribution in [-0.4, -0.2) is 38.9 Å². The van der Waals surface area contributed by atoms with Gasteiger partial charge in [0.2, 0.25) is 11.0 Å². The van der Waals surface area contributed by atoms with E-state index in [2.05, 4.69) is 15.5 Å². The largest absolute Gasteiger partial charge is 0.299 e. The highest BCUT2D eigenvalue weighted by molar-refractivity contribution is 7.15. The average molecular weight is 316 g/mol. The average Bonchev–Trinajstić information content (AvgIpc) is 3.01. The van der Waals surface area contributed by atoms with Crippen LogP contribution in [0.4, 0.5) is 5.13 Å². The van der Waals surface area contributed by atoms with Gasteiger partial charge in [0.15, 0.2) is 0 Å². The van der Waals surface area contributed by atoms with Gasteiger partial charge in [-0.2, -0.15) is 0 Å². The summed E-state index contributed by atoms with van der Waals surface area (Å²) in [6.45, 7) is 3.27. The van der Waals surface area contributed by atoms with Crippen LogP contribution in [-0.2, 0) is 4.79 Å². The topological polar surface area (TPSA) is 92.3 Å². The van der Waals surface area contributed by atoms with Crippen LogP contribution < -0.4 is 5.32 Å².